The third-order valence-electron chi connectivity index (χ3n) is 1.88. The van der Waals surface area contributed by atoms with Gasteiger partial charge in [-0.15, -0.1) is 0 Å². The highest BCUT2D eigenvalue weighted by Gasteiger charge is 1.95. The normalized spacial score (nSPS) is 24.0. The van der Waals surface area contributed by atoms with Gasteiger partial charge in [-0.2, -0.15) is 0 Å². The molecule has 0 amide bonds. The summed E-state index contributed by atoms with van der Waals surface area (Å²) in [6.45, 7) is 1.21. The zero-order valence-corrected chi connectivity index (χ0v) is 7.38. The maximum Gasteiger partial charge on any atom is 0.00786 e. The predicted molar refractivity (Wildman–Crippen MR) is 48.2 cm³/mol. The third-order valence-corrected chi connectivity index (χ3v) is 2.78. The largest absolute Gasteiger partial charge is 0.264 e. The van der Waals surface area contributed by atoms with Gasteiger partial charge in [-0.25, -0.2) is 0 Å². The van der Waals surface area contributed by atoms with E-state index in [1.165, 1.54) is 50.8 Å². The number of hydrogen-bond donors (Lipinski definition) is 1. The van der Waals surface area contributed by atoms with Gasteiger partial charge in [0.15, 0.2) is 0 Å². The zero-order valence-electron chi connectivity index (χ0n) is 6.57. The molecule has 1 aliphatic heterocycles. The zero-order chi connectivity index (χ0) is 7.07. The molecule has 0 aromatic heterocycles. The standard InChI is InChI=1S/C8H17NS/c1-2-4-6-8-10-9-7-5-3-1/h9H,1-8H2. The first kappa shape index (κ1) is 8.41. The van der Waals surface area contributed by atoms with Crippen molar-refractivity contribution in [2.24, 2.45) is 0 Å². The van der Waals surface area contributed by atoms with Gasteiger partial charge in [0, 0.05) is 12.3 Å². The molecule has 1 nitrogen and oxygen atoms in total. The van der Waals surface area contributed by atoms with E-state index in [4.69, 9.17) is 0 Å². The predicted octanol–water partition coefficient (Wildman–Crippen LogP) is 2.58. The Kier molecular flexibility index (Phi) is 5.08. The Hall–Kier alpha value is 0.310. The van der Waals surface area contributed by atoms with Gasteiger partial charge in [0.1, 0.15) is 0 Å². The summed E-state index contributed by atoms with van der Waals surface area (Å²) in [7, 11) is 0. The summed E-state index contributed by atoms with van der Waals surface area (Å²) in [5.41, 5.74) is 0. The van der Waals surface area contributed by atoms with Crippen LogP contribution in [-0.4, -0.2) is 12.3 Å². The van der Waals surface area contributed by atoms with Gasteiger partial charge in [0.25, 0.3) is 0 Å². The summed E-state index contributed by atoms with van der Waals surface area (Å²) < 4.78 is 3.37. The molecule has 1 aliphatic rings. The average Bonchev–Trinajstić information content (AvgIpc) is 2.01. The van der Waals surface area contributed by atoms with E-state index in [9.17, 15) is 0 Å². The van der Waals surface area contributed by atoms with Crippen LogP contribution < -0.4 is 4.72 Å². The van der Waals surface area contributed by atoms with Crippen molar-refractivity contribution in [2.75, 3.05) is 12.3 Å². The summed E-state index contributed by atoms with van der Waals surface area (Å²) in [6, 6.07) is 0. The maximum absolute atomic E-state index is 3.37. The number of hydrogen-bond acceptors (Lipinski definition) is 2. The Labute approximate surface area is 68.1 Å². The van der Waals surface area contributed by atoms with Crippen LogP contribution in [-0.2, 0) is 0 Å². The van der Waals surface area contributed by atoms with Gasteiger partial charge >= 0.3 is 0 Å². The first-order valence-electron chi connectivity index (χ1n) is 4.35. The lowest BCUT2D eigenvalue weighted by atomic mass is 10.1. The van der Waals surface area contributed by atoms with Crippen molar-refractivity contribution in [3.63, 3.8) is 0 Å². The van der Waals surface area contributed by atoms with Gasteiger partial charge in [-0.1, -0.05) is 37.6 Å². The van der Waals surface area contributed by atoms with Gasteiger partial charge in [0.05, 0.1) is 0 Å². The van der Waals surface area contributed by atoms with Crippen LogP contribution in [0.3, 0.4) is 0 Å². The lowest BCUT2D eigenvalue weighted by Gasteiger charge is -2.07. The van der Waals surface area contributed by atoms with Crippen LogP contribution in [0.15, 0.2) is 0 Å². The molecule has 2 heteroatoms. The molecule has 60 valence electrons. The minimum absolute atomic E-state index is 1.21. The molecule has 0 atom stereocenters. The van der Waals surface area contributed by atoms with Crippen molar-refractivity contribution in [1.82, 2.24) is 4.72 Å². The fourth-order valence-electron chi connectivity index (χ4n) is 1.22. The van der Waals surface area contributed by atoms with Crippen molar-refractivity contribution in [3.05, 3.63) is 0 Å². The topological polar surface area (TPSA) is 12.0 Å². The highest BCUT2D eigenvalue weighted by molar-refractivity contribution is 7.97. The molecule has 1 saturated heterocycles. The van der Waals surface area contributed by atoms with Gasteiger partial charge in [0.2, 0.25) is 0 Å². The Balaban J connectivity index is 2.00. The van der Waals surface area contributed by atoms with E-state index < -0.39 is 0 Å². The molecule has 0 saturated carbocycles. The highest BCUT2D eigenvalue weighted by Crippen LogP contribution is 2.10. The molecule has 0 spiro atoms. The minimum Gasteiger partial charge on any atom is -0.264 e. The van der Waals surface area contributed by atoms with Gasteiger partial charge < -0.3 is 0 Å². The lowest BCUT2D eigenvalue weighted by Crippen LogP contribution is -2.07. The van der Waals surface area contributed by atoms with E-state index in [0.717, 1.165) is 0 Å². The number of rotatable bonds is 0. The lowest BCUT2D eigenvalue weighted by molar-refractivity contribution is 0.601. The molecule has 0 aromatic carbocycles. The van der Waals surface area contributed by atoms with E-state index in [0.29, 0.717) is 0 Å². The Morgan fingerprint density at radius 3 is 2.40 bits per heavy atom. The quantitative estimate of drug-likeness (QED) is 0.545. The summed E-state index contributed by atoms with van der Waals surface area (Å²) in [4.78, 5) is 0. The second-order valence-corrected chi connectivity index (χ2v) is 3.85. The Morgan fingerprint density at radius 1 is 0.800 bits per heavy atom. The molecule has 1 heterocycles. The first-order chi connectivity index (χ1) is 5.00. The Morgan fingerprint density at radius 2 is 1.50 bits per heavy atom. The molecule has 0 unspecified atom stereocenters. The van der Waals surface area contributed by atoms with Crippen LogP contribution in [0.5, 0.6) is 0 Å². The molecular formula is C8H17NS. The second kappa shape index (κ2) is 6.05. The van der Waals surface area contributed by atoms with E-state index in [1.807, 2.05) is 11.9 Å². The summed E-state index contributed by atoms with van der Waals surface area (Å²) in [6.07, 6.45) is 8.54. The molecule has 0 bridgehead atoms. The Bertz CT molecular complexity index is 42.4. The van der Waals surface area contributed by atoms with Crippen molar-refractivity contribution in [2.45, 2.75) is 38.5 Å². The highest BCUT2D eigenvalue weighted by atomic mass is 32.2. The summed E-state index contributed by atoms with van der Waals surface area (Å²) >= 11 is 1.90. The maximum atomic E-state index is 3.37. The molecule has 10 heavy (non-hydrogen) atoms. The van der Waals surface area contributed by atoms with Crippen LogP contribution in [0.2, 0.25) is 0 Å². The third kappa shape index (κ3) is 4.18. The SMILES string of the molecule is C1CCCCSNCCC1. The molecule has 0 aromatic rings. The molecule has 0 radical (unpaired) electrons. The van der Waals surface area contributed by atoms with Crippen molar-refractivity contribution < 1.29 is 0 Å². The van der Waals surface area contributed by atoms with Crippen LogP contribution >= 0.6 is 11.9 Å². The fourth-order valence-corrected chi connectivity index (χ4v) is 2.00. The smallest absolute Gasteiger partial charge is 0.00786 e. The minimum atomic E-state index is 1.21. The molecule has 1 rings (SSSR count). The van der Waals surface area contributed by atoms with Crippen molar-refractivity contribution in [1.29, 1.82) is 0 Å². The van der Waals surface area contributed by atoms with Crippen LogP contribution in [0.1, 0.15) is 38.5 Å². The fraction of sp³-hybridized carbons (Fsp3) is 1.00. The van der Waals surface area contributed by atoms with Crippen molar-refractivity contribution >= 4 is 11.9 Å². The monoisotopic (exact) mass is 159 g/mol. The molecule has 0 aliphatic carbocycles. The first-order valence-corrected chi connectivity index (χ1v) is 5.33. The van der Waals surface area contributed by atoms with E-state index in [-0.39, 0.29) is 0 Å². The number of nitrogens with one attached hydrogen (secondary N) is 1. The van der Waals surface area contributed by atoms with E-state index in [1.54, 1.807) is 0 Å². The van der Waals surface area contributed by atoms with Crippen molar-refractivity contribution in [3.8, 4) is 0 Å². The average molecular weight is 159 g/mol. The van der Waals surface area contributed by atoms with E-state index in [2.05, 4.69) is 4.72 Å². The van der Waals surface area contributed by atoms with Gasteiger partial charge in [-0.05, 0) is 12.8 Å². The van der Waals surface area contributed by atoms with E-state index >= 15 is 0 Å². The second-order valence-electron chi connectivity index (χ2n) is 2.86. The summed E-state index contributed by atoms with van der Waals surface area (Å²) in [5, 5.41) is 0. The molecule has 1 fully saturated rings. The van der Waals surface area contributed by atoms with Crippen LogP contribution in [0.4, 0.5) is 0 Å². The summed E-state index contributed by atoms with van der Waals surface area (Å²) in [5.74, 6) is 1.31. The van der Waals surface area contributed by atoms with Gasteiger partial charge in [-0.3, -0.25) is 4.72 Å². The molecule has 1 N–H and O–H groups in total. The van der Waals surface area contributed by atoms with Crippen LogP contribution in [0, 0.1) is 0 Å². The molecular weight excluding hydrogens is 142 g/mol. The van der Waals surface area contributed by atoms with Crippen LogP contribution in [0.25, 0.3) is 0 Å².